The summed E-state index contributed by atoms with van der Waals surface area (Å²) in [5, 5.41) is 10.3. The standard InChI is InChI=1S/C29H19ClF4N8O2/c1-12-11-44-21-6-13(2-4-18(21)35-12)24-26(31)38-27(37-24)25-15-8-16(15)28-36-19(9-23(43)42(25)28)17-7-14(30)3-5-20(17)41-10-22(39-40-41)29(32,33)34/h2-7,9-10,15-16,25,35H,1,8,11H2,(H,37,38). The third-order valence-electron chi connectivity index (χ3n) is 8.03. The van der Waals surface area contributed by atoms with E-state index in [1.54, 1.807) is 18.2 Å². The molecular formula is C29H19ClF4N8O2. The molecule has 1 saturated carbocycles. The second-order valence-corrected chi connectivity index (χ2v) is 11.3. The Morgan fingerprint density at radius 1 is 1.11 bits per heavy atom. The number of benzene rings is 2. The lowest BCUT2D eigenvalue weighted by molar-refractivity contribution is -0.141. The van der Waals surface area contributed by atoms with E-state index in [0.29, 0.717) is 40.5 Å². The number of nitrogens with one attached hydrogen (secondary N) is 2. The van der Waals surface area contributed by atoms with E-state index in [0.717, 1.165) is 10.9 Å². The molecule has 0 radical (unpaired) electrons. The second-order valence-electron chi connectivity index (χ2n) is 10.9. The highest BCUT2D eigenvalue weighted by atomic mass is 35.5. The molecule has 10 nitrogen and oxygen atoms in total. The van der Waals surface area contributed by atoms with Gasteiger partial charge in [-0.2, -0.15) is 17.6 Å². The number of hydrogen-bond donors (Lipinski definition) is 2. The average Bonchev–Trinajstić information content (AvgIpc) is 3.28. The van der Waals surface area contributed by atoms with Gasteiger partial charge in [-0.25, -0.2) is 14.6 Å². The zero-order valence-corrected chi connectivity index (χ0v) is 23.1. The van der Waals surface area contributed by atoms with Gasteiger partial charge in [0.25, 0.3) is 5.56 Å². The van der Waals surface area contributed by atoms with Crippen molar-refractivity contribution >= 4 is 17.3 Å². The van der Waals surface area contributed by atoms with Crippen molar-refractivity contribution in [1.82, 2.24) is 34.5 Å². The van der Waals surface area contributed by atoms with Crippen molar-refractivity contribution < 1.29 is 22.3 Å². The maximum atomic E-state index is 15.3. The molecule has 2 aromatic carbocycles. The van der Waals surface area contributed by atoms with E-state index in [9.17, 15) is 18.0 Å². The minimum atomic E-state index is -4.68. The van der Waals surface area contributed by atoms with Gasteiger partial charge >= 0.3 is 6.18 Å². The molecule has 222 valence electrons. The Morgan fingerprint density at radius 3 is 2.75 bits per heavy atom. The molecule has 0 saturated heterocycles. The molecule has 3 aliphatic rings. The SMILES string of the molecule is C=C1COc2cc(-c3nc(C4C5CC5c5nc(-c6cc(Cl)ccc6-n6cc(C(F)(F)F)nn6)cc(=O)n54)[nH]c3F)ccc2N1. The lowest BCUT2D eigenvalue weighted by Gasteiger charge is -2.21. The third kappa shape index (κ3) is 4.19. The molecule has 1 aliphatic carbocycles. The van der Waals surface area contributed by atoms with Crippen LogP contribution in [0.25, 0.3) is 28.2 Å². The van der Waals surface area contributed by atoms with Crippen molar-refractivity contribution in [3.63, 3.8) is 0 Å². The normalized spacial score (nSPS) is 20.0. The van der Waals surface area contributed by atoms with Crippen molar-refractivity contribution in [2.24, 2.45) is 5.92 Å². The summed E-state index contributed by atoms with van der Waals surface area (Å²) >= 11 is 6.24. The van der Waals surface area contributed by atoms with Gasteiger partial charge < -0.3 is 15.0 Å². The van der Waals surface area contributed by atoms with Crippen LogP contribution in [0.3, 0.4) is 0 Å². The summed E-state index contributed by atoms with van der Waals surface area (Å²) in [6.07, 6.45) is -3.22. The van der Waals surface area contributed by atoms with Gasteiger partial charge in [0, 0.05) is 33.8 Å². The first-order valence-corrected chi connectivity index (χ1v) is 13.8. The quantitative estimate of drug-likeness (QED) is 0.247. The molecule has 5 heterocycles. The van der Waals surface area contributed by atoms with Gasteiger partial charge in [0.2, 0.25) is 5.95 Å². The zero-order valence-electron chi connectivity index (χ0n) is 22.4. The van der Waals surface area contributed by atoms with E-state index in [4.69, 9.17) is 21.3 Å². The van der Waals surface area contributed by atoms with E-state index in [-0.39, 0.29) is 46.4 Å². The summed E-state index contributed by atoms with van der Waals surface area (Å²) in [4.78, 5) is 25.7. The van der Waals surface area contributed by atoms with E-state index in [2.05, 4.69) is 32.2 Å². The molecule has 2 N–H and O–H groups in total. The molecule has 8 rings (SSSR count). The minimum absolute atomic E-state index is 0.0329. The van der Waals surface area contributed by atoms with Crippen LogP contribution in [0.2, 0.25) is 5.02 Å². The summed E-state index contributed by atoms with van der Waals surface area (Å²) < 4.78 is 63.0. The van der Waals surface area contributed by atoms with Crippen LogP contribution in [-0.2, 0) is 6.18 Å². The van der Waals surface area contributed by atoms with Crippen LogP contribution < -0.4 is 15.6 Å². The smallest absolute Gasteiger partial charge is 0.436 e. The van der Waals surface area contributed by atoms with Gasteiger partial charge in [-0.1, -0.05) is 29.5 Å². The van der Waals surface area contributed by atoms with E-state index in [1.165, 1.54) is 28.8 Å². The molecule has 5 aromatic rings. The van der Waals surface area contributed by atoms with Crippen LogP contribution in [0.1, 0.15) is 35.7 Å². The topological polar surface area (TPSA) is 116 Å². The van der Waals surface area contributed by atoms with Gasteiger partial charge in [-0.05, 0) is 42.7 Å². The van der Waals surface area contributed by atoms with Crippen LogP contribution in [0, 0.1) is 11.9 Å². The van der Waals surface area contributed by atoms with Crippen molar-refractivity contribution in [2.75, 3.05) is 11.9 Å². The number of aromatic amines is 1. The Bertz CT molecular complexity index is 2080. The number of halogens is 5. The summed E-state index contributed by atoms with van der Waals surface area (Å²) in [6, 6.07) is 10.3. The van der Waals surface area contributed by atoms with Gasteiger partial charge in [0.15, 0.2) is 5.69 Å². The molecule has 0 spiro atoms. The first kappa shape index (κ1) is 26.6. The van der Waals surface area contributed by atoms with Gasteiger partial charge in [-0.15, -0.1) is 5.10 Å². The van der Waals surface area contributed by atoms with Crippen molar-refractivity contribution in [1.29, 1.82) is 0 Å². The molecular weight excluding hydrogens is 604 g/mol. The van der Waals surface area contributed by atoms with Gasteiger partial charge in [0.05, 0.1) is 29.3 Å². The molecule has 3 aromatic heterocycles. The Kier molecular flexibility index (Phi) is 5.60. The second kappa shape index (κ2) is 9.26. The predicted octanol–water partition coefficient (Wildman–Crippen LogP) is 5.72. The van der Waals surface area contributed by atoms with Crippen molar-refractivity contribution in [3.8, 4) is 34.0 Å². The number of imidazole rings is 1. The first-order valence-electron chi connectivity index (χ1n) is 13.5. The lowest BCUT2D eigenvalue weighted by Crippen LogP contribution is -2.27. The highest BCUT2D eigenvalue weighted by molar-refractivity contribution is 6.31. The van der Waals surface area contributed by atoms with Crippen molar-refractivity contribution in [3.05, 3.63) is 99.6 Å². The number of hydrogen-bond acceptors (Lipinski definition) is 7. The summed E-state index contributed by atoms with van der Waals surface area (Å²) in [6.45, 7) is 4.14. The van der Waals surface area contributed by atoms with Crippen LogP contribution in [-0.4, -0.2) is 41.1 Å². The minimum Gasteiger partial charge on any atom is -0.485 e. The Morgan fingerprint density at radius 2 is 1.95 bits per heavy atom. The number of H-pyrrole nitrogens is 1. The lowest BCUT2D eigenvalue weighted by atomic mass is 10.1. The largest absolute Gasteiger partial charge is 0.485 e. The first-order chi connectivity index (χ1) is 21.0. The third-order valence-corrected chi connectivity index (χ3v) is 8.26. The fraction of sp³-hybridized carbons (Fsp3) is 0.207. The Hall–Kier alpha value is -4.98. The monoisotopic (exact) mass is 622 g/mol. The molecule has 1 fully saturated rings. The number of aromatic nitrogens is 7. The molecule has 3 unspecified atom stereocenters. The summed E-state index contributed by atoms with van der Waals surface area (Å²) in [5.74, 6) is 0.555. The number of alkyl halides is 3. The highest BCUT2D eigenvalue weighted by Gasteiger charge is 2.55. The molecule has 0 bridgehead atoms. The van der Waals surface area contributed by atoms with Crippen LogP contribution >= 0.6 is 11.6 Å². The maximum Gasteiger partial charge on any atom is 0.436 e. The maximum absolute atomic E-state index is 15.3. The summed E-state index contributed by atoms with van der Waals surface area (Å²) in [7, 11) is 0. The number of nitrogens with zero attached hydrogens (tertiary/aromatic N) is 6. The van der Waals surface area contributed by atoms with E-state index >= 15 is 4.39 Å². The molecule has 3 atom stereocenters. The van der Waals surface area contributed by atoms with E-state index in [1.807, 2.05) is 0 Å². The van der Waals surface area contributed by atoms with Gasteiger partial charge in [0.1, 0.15) is 29.7 Å². The number of rotatable bonds is 4. The van der Waals surface area contributed by atoms with Crippen LogP contribution in [0.4, 0.5) is 23.2 Å². The molecule has 0 amide bonds. The predicted molar refractivity (Wildman–Crippen MR) is 150 cm³/mol. The molecule has 15 heteroatoms. The van der Waals surface area contributed by atoms with E-state index < -0.39 is 29.4 Å². The van der Waals surface area contributed by atoms with Crippen LogP contribution in [0.5, 0.6) is 5.75 Å². The Labute approximate surface area is 250 Å². The van der Waals surface area contributed by atoms with Crippen LogP contribution in [0.15, 0.2) is 65.7 Å². The fourth-order valence-corrected chi connectivity index (χ4v) is 6.15. The number of ether oxygens (including phenoxy) is 1. The molecule has 44 heavy (non-hydrogen) atoms. The highest BCUT2D eigenvalue weighted by Crippen LogP contribution is 2.60. The Balaban J connectivity index is 1.17. The molecule has 2 aliphatic heterocycles. The summed E-state index contributed by atoms with van der Waals surface area (Å²) in [5.41, 5.74) is 1.15. The zero-order chi connectivity index (χ0) is 30.5. The average molecular weight is 623 g/mol. The number of anilines is 1. The fourth-order valence-electron chi connectivity index (χ4n) is 5.97. The van der Waals surface area contributed by atoms with Crippen molar-refractivity contribution in [2.45, 2.75) is 24.6 Å². The number of fused-ring (bicyclic) bond motifs is 4. The van der Waals surface area contributed by atoms with Gasteiger partial charge in [-0.3, -0.25) is 9.36 Å².